The highest BCUT2D eigenvalue weighted by Gasteiger charge is 2.15. The Balaban J connectivity index is 2.82. The van der Waals surface area contributed by atoms with Crippen LogP contribution in [-0.4, -0.2) is 28.7 Å². The summed E-state index contributed by atoms with van der Waals surface area (Å²) < 4.78 is 0. The zero-order valence-electron chi connectivity index (χ0n) is 9.26. The van der Waals surface area contributed by atoms with Crippen LogP contribution in [0.25, 0.3) is 0 Å². The van der Waals surface area contributed by atoms with Gasteiger partial charge in [-0.15, -0.1) is 0 Å². The Bertz CT molecular complexity index is 412. The molecule has 0 aliphatic carbocycles. The molecular weight excluding hydrogens is 246 g/mol. The molecule has 0 heterocycles. The molecule has 0 spiro atoms. The molecule has 94 valence electrons. The average Bonchev–Trinajstić information content (AvgIpc) is 2.25. The number of benzene rings is 1. The zero-order chi connectivity index (χ0) is 13.0. The average molecular weight is 260 g/mol. The van der Waals surface area contributed by atoms with Gasteiger partial charge in [0.15, 0.2) is 0 Å². The second-order valence-corrected chi connectivity index (χ2v) is 4.14. The Kier molecular flexibility index (Phi) is 4.68. The van der Waals surface area contributed by atoms with Gasteiger partial charge >= 0.3 is 0 Å². The molecule has 2 unspecified atom stereocenters. The number of nitrogens with two attached hydrogens (primary N) is 1. The number of anilines is 1. The van der Waals surface area contributed by atoms with Crippen LogP contribution < -0.4 is 11.1 Å². The number of hydrogen-bond acceptors (Lipinski definition) is 5. The number of aliphatic hydroxyl groups excluding tert-OH is 1. The van der Waals surface area contributed by atoms with E-state index in [1.165, 1.54) is 18.2 Å². The first-order valence-corrected chi connectivity index (χ1v) is 5.41. The van der Waals surface area contributed by atoms with Gasteiger partial charge in [-0.2, -0.15) is 0 Å². The van der Waals surface area contributed by atoms with Crippen LogP contribution in [0.5, 0.6) is 0 Å². The molecule has 0 fully saturated rings. The van der Waals surface area contributed by atoms with E-state index in [4.69, 9.17) is 17.3 Å². The standard InChI is InChI=1S/C10H14ClN3O3/c1-6(15)8(12)5-13-9-4-7(11)2-3-10(9)14(16)17/h2-4,6,8,13,15H,5,12H2,1H3. The number of rotatable bonds is 5. The summed E-state index contributed by atoms with van der Waals surface area (Å²) in [6.07, 6.45) is -0.694. The van der Waals surface area contributed by atoms with Crippen LogP contribution in [0.4, 0.5) is 11.4 Å². The third kappa shape index (κ3) is 3.85. The van der Waals surface area contributed by atoms with Crippen molar-refractivity contribution in [3.63, 3.8) is 0 Å². The fourth-order valence-corrected chi connectivity index (χ4v) is 1.38. The summed E-state index contributed by atoms with van der Waals surface area (Å²) in [4.78, 5) is 10.2. The maximum absolute atomic E-state index is 10.8. The Labute approximate surface area is 104 Å². The van der Waals surface area contributed by atoms with Gasteiger partial charge in [0.05, 0.1) is 11.0 Å². The normalized spacial score (nSPS) is 14.1. The van der Waals surface area contributed by atoms with E-state index in [9.17, 15) is 15.2 Å². The summed E-state index contributed by atoms with van der Waals surface area (Å²) in [5, 5.41) is 23.2. The van der Waals surface area contributed by atoms with Crippen molar-refractivity contribution in [2.45, 2.75) is 19.1 Å². The summed E-state index contributed by atoms with van der Waals surface area (Å²) in [6.45, 7) is 1.78. The molecule has 0 radical (unpaired) electrons. The minimum Gasteiger partial charge on any atom is -0.392 e. The van der Waals surface area contributed by atoms with Gasteiger partial charge in [0.1, 0.15) is 5.69 Å². The van der Waals surface area contributed by atoms with Gasteiger partial charge in [-0.1, -0.05) is 11.6 Å². The highest BCUT2D eigenvalue weighted by molar-refractivity contribution is 6.31. The lowest BCUT2D eigenvalue weighted by molar-refractivity contribution is -0.384. The molecule has 6 nitrogen and oxygen atoms in total. The summed E-state index contributed by atoms with van der Waals surface area (Å²) in [5.74, 6) is 0. The predicted molar refractivity (Wildman–Crippen MR) is 66.3 cm³/mol. The second kappa shape index (κ2) is 5.81. The molecule has 0 aliphatic rings. The highest BCUT2D eigenvalue weighted by Crippen LogP contribution is 2.27. The van der Waals surface area contributed by atoms with E-state index in [0.29, 0.717) is 10.7 Å². The summed E-state index contributed by atoms with van der Waals surface area (Å²) in [6, 6.07) is 3.71. The Hall–Kier alpha value is -1.37. The fourth-order valence-electron chi connectivity index (χ4n) is 1.21. The van der Waals surface area contributed by atoms with E-state index >= 15 is 0 Å². The largest absolute Gasteiger partial charge is 0.392 e. The molecule has 0 amide bonds. The molecule has 4 N–H and O–H groups in total. The number of aliphatic hydroxyl groups is 1. The number of nitro benzene ring substituents is 1. The summed E-state index contributed by atoms with van der Waals surface area (Å²) >= 11 is 5.76. The van der Waals surface area contributed by atoms with Crippen LogP contribution in [0.1, 0.15) is 6.92 Å². The third-order valence-corrected chi connectivity index (χ3v) is 2.54. The smallest absolute Gasteiger partial charge is 0.292 e. The van der Waals surface area contributed by atoms with Crippen LogP contribution in [0.15, 0.2) is 18.2 Å². The Morgan fingerprint density at radius 2 is 2.29 bits per heavy atom. The van der Waals surface area contributed by atoms with E-state index < -0.39 is 17.1 Å². The molecule has 0 aliphatic heterocycles. The number of nitro groups is 1. The van der Waals surface area contributed by atoms with Gasteiger partial charge in [0.25, 0.3) is 5.69 Å². The van der Waals surface area contributed by atoms with E-state index in [1.807, 2.05) is 0 Å². The second-order valence-electron chi connectivity index (χ2n) is 3.70. The van der Waals surface area contributed by atoms with Crippen molar-refractivity contribution in [2.24, 2.45) is 5.73 Å². The summed E-state index contributed by atoms with van der Waals surface area (Å²) in [5.41, 5.74) is 5.83. The van der Waals surface area contributed by atoms with Crippen molar-refractivity contribution in [1.82, 2.24) is 0 Å². The van der Waals surface area contributed by atoms with E-state index in [1.54, 1.807) is 6.92 Å². The van der Waals surface area contributed by atoms with Crippen LogP contribution in [0, 0.1) is 10.1 Å². The van der Waals surface area contributed by atoms with Gasteiger partial charge in [-0.25, -0.2) is 0 Å². The van der Waals surface area contributed by atoms with Crippen LogP contribution in [0.2, 0.25) is 5.02 Å². The monoisotopic (exact) mass is 259 g/mol. The van der Waals surface area contributed by atoms with Gasteiger partial charge < -0.3 is 16.2 Å². The zero-order valence-corrected chi connectivity index (χ0v) is 10.0. The molecule has 2 atom stereocenters. The molecule has 0 saturated carbocycles. The molecule has 1 rings (SSSR count). The minimum absolute atomic E-state index is 0.0767. The van der Waals surface area contributed by atoms with Crippen LogP contribution >= 0.6 is 11.6 Å². The SMILES string of the molecule is CC(O)C(N)CNc1cc(Cl)ccc1[N+](=O)[O-]. The number of nitrogens with one attached hydrogen (secondary N) is 1. The first-order valence-electron chi connectivity index (χ1n) is 5.03. The molecule has 0 bridgehead atoms. The molecule has 1 aromatic rings. The fraction of sp³-hybridized carbons (Fsp3) is 0.400. The quantitative estimate of drug-likeness (QED) is 0.548. The van der Waals surface area contributed by atoms with Crippen LogP contribution in [-0.2, 0) is 0 Å². The lowest BCUT2D eigenvalue weighted by atomic mass is 10.2. The molecular formula is C10H14ClN3O3. The van der Waals surface area contributed by atoms with Crippen LogP contribution in [0.3, 0.4) is 0 Å². The molecule has 0 aromatic heterocycles. The Morgan fingerprint density at radius 1 is 1.65 bits per heavy atom. The highest BCUT2D eigenvalue weighted by atomic mass is 35.5. The van der Waals surface area contributed by atoms with E-state index in [-0.39, 0.29) is 12.2 Å². The number of hydrogen-bond donors (Lipinski definition) is 3. The van der Waals surface area contributed by atoms with Crippen molar-refractivity contribution in [3.05, 3.63) is 33.3 Å². The van der Waals surface area contributed by atoms with Gasteiger partial charge in [-0.05, 0) is 19.1 Å². The first kappa shape index (κ1) is 13.7. The van der Waals surface area contributed by atoms with Crippen molar-refractivity contribution in [2.75, 3.05) is 11.9 Å². The number of nitrogens with zero attached hydrogens (tertiary/aromatic N) is 1. The van der Waals surface area contributed by atoms with E-state index in [2.05, 4.69) is 5.32 Å². The topological polar surface area (TPSA) is 101 Å². The molecule has 17 heavy (non-hydrogen) atoms. The van der Waals surface area contributed by atoms with Crippen molar-refractivity contribution in [3.8, 4) is 0 Å². The van der Waals surface area contributed by atoms with Crippen molar-refractivity contribution < 1.29 is 10.0 Å². The molecule has 7 heteroatoms. The number of halogens is 1. The van der Waals surface area contributed by atoms with Gasteiger partial charge in [0.2, 0.25) is 0 Å². The maximum atomic E-state index is 10.8. The molecule has 1 aromatic carbocycles. The Morgan fingerprint density at radius 3 is 2.82 bits per heavy atom. The van der Waals surface area contributed by atoms with E-state index in [0.717, 1.165) is 0 Å². The lowest BCUT2D eigenvalue weighted by Gasteiger charge is -2.16. The van der Waals surface area contributed by atoms with Crippen molar-refractivity contribution in [1.29, 1.82) is 0 Å². The summed E-state index contributed by atoms with van der Waals surface area (Å²) in [7, 11) is 0. The predicted octanol–water partition coefficient (Wildman–Crippen LogP) is 1.37. The first-order chi connectivity index (χ1) is 7.91. The maximum Gasteiger partial charge on any atom is 0.292 e. The van der Waals surface area contributed by atoms with Crippen molar-refractivity contribution >= 4 is 23.0 Å². The van der Waals surface area contributed by atoms with Gasteiger partial charge in [0, 0.05) is 23.7 Å². The molecule has 0 saturated heterocycles. The minimum atomic E-state index is -0.694. The van der Waals surface area contributed by atoms with Gasteiger partial charge in [-0.3, -0.25) is 10.1 Å². The third-order valence-electron chi connectivity index (χ3n) is 2.30. The lowest BCUT2D eigenvalue weighted by Crippen LogP contribution is -2.38.